The first-order valence-electron chi connectivity index (χ1n) is 6.19. The van der Waals surface area contributed by atoms with Crippen LogP contribution in [0.15, 0.2) is 42.5 Å². The third-order valence-corrected chi connectivity index (χ3v) is 2.35. The van der Waals surface area contributed by atoms with E-state index in [0.717, 1.165) is 17.7 Å². The highest BCUT2D eigenvalue weighted by molar-refractivity contribution is 5.92. The molecule has 0 fully saturated rings. The van der Waals surface area contributed by atoms with Gasteiger partial charge in [-0.2, -0.15) is 0 Å². The van der Waals surface area contributed by atoms with E-state index >= 15 is 0 Å². The average Bonchev–Trinajstić information content (AvgIpc) is 2.49. The van der Waals surface area contributed by atoms with E-state index < -0.39 is 11.9 Å². The van der Waals surface area contributed by atoms with Crippen LogP contribution in [0.25, 0.3) is 0 Å². The molecule has 0 amide bonds. The maximum atomic E-state index is 11.3. The average molecular weight is 276 g/mol. The van der Waals surface area contributed by atoms with Gasteiger partial charge < -0.3 is 9.47 Å². The number of carbonyl (C=O) groups is 3. The molecule has 1 aromatic rings. The van der Waals surface area contributed by atoms with Gasteiger partial charge in [-0.3, -0.25) is 4.79 Å². The minimum Gasteiger partial charge on any atom is -0.458 e. The van der Waals surface area contributed by atoms with E-state index in [-0.39, 0.29) is 19.0 Å². The number of ether oxygens (including phenoxy) is 2. The Morgan fingerprint density at radius 2 is 1.60 bits per heavy atom. The highest BCUT2D eigenvalue weighted by atomic mass is 16.5. The summed E-state index contributed by atoms with van der Waals surface area (Å²) in [4.78, 5) is 33.4. The summed E-state index contributed by atoms with van der Waals surface area (Å²) in [7, 11) is 0. The molecule has 0 saturated heterocycles. The summed E-state index contributed by atoms with van der Waals surface area (Å²) < 4.78 is 9.55. The lowest BCUT2D eigenvalue weighted by Gasteiger charge is -2.01. The first-order chi connectivity index (χ1) is 9.61. The minimum atomic E-state index is -0.747. The molecule has 0 unspecified atom stereocenters. The lowest BCUT2D eigenvalue weighted by Crippen LogP contribution is -2.11. The number of rotatable bonds is 7. The third kappa shape index (κ3) is 6.49. The van der Waals surface area contributed by atoms with Crippen LogP contribution in [0.5, 0.6) is 0 Å². The normalized spacial score (nSPS) is 10.2. The predicted octanol–water partition coefficient (Wildman–Crippen LogP) is 1.81. The summed E-state index contributed by atoms with van der Waals surface area (Å²) in [6.45, 7) is 1.53. The molecule has 0 radical (unpaired) electrons. The monoisotopic (exact) mass is 276 g/mol. The van der Waals surface area contributed by atoms with Gasteiger partial charge in [-0.05, 0) is 5.56 Å². The number of esters is 2. The van der Waals surface area contributed by atoms with Gasteiger partial charge in [-0.1, -0.05) is 37.3 Å². The van der Waals surface area contributed by atoms with Crippen LogP contribution in [0, 0.1) is 0 Å². The van der Waals surface area contributed by atoms with Crippen LogP contribution in [0.2, 0.25) is 0 Å². The molecular formula is C15H16O5. The van der Waals surface area contributed by atoms with E-state index in [1.165, 1.54) is 0 Å². The Hall–Kier alpha value is -2.43. The van der Waals surface area contributed by atoms with Crippen molar-refractivity contribution in [2.45, 2.75) is 20.0 Å². The van der Waals surface area contributed by atoms with Gasteiger partial charge in [0, 0.05) is 18.6 Å². The molecule has 0 aliphatic carbocycles. The maximum Gasteiger partial charge on any atom is 0.331 e. The van der Waals surface area contributed by atoms with E-state index in [4.69, 9.17) is 4.74 Å². The van der Waals surface area contributed by atoms with E-state index in [2.05, 4.69) is 4.74 Å². The maximum absolute atomic E-state index is 11.3. The van der Waals surface area contributed by atoms with Crippen molar-refractivity contribution < 1.29 is 23.9 Å². The van der Waals surface area contributed by atoms with Gasteiger partial charge in [0.25, 0.3) is 0 Å². The quantitative estimate of drug-likeness (QED) is 0.561. The van der Waals surface area contributed by atoms with Crippen LogP contribution in [0.1, 0.15) is 18.9 Å². The van der Waals surface area contributed by atoms with Gasteiger partial charge in [0.2, 0.25) is 0 Å². The molecule has 0 aromatic heterocycles. The van der Waals surface area contributed by atoms with Gasteiger partial charge in [0.15, 0.2) is 5.78 Å². The summed E-state index contributed by atoms with van der Waals surface area (Å²) >= 11 is 0. The lowest BCUT2D eigenvalue weighted by atomic mass is 10.2. The Bertz CT molecular complexity index is 490. The molecule has 0 bridgehead atoms. The van der Waals surface area contributed by atoms with Gasteiger partial charge in [0.1, 0.15) is 13.2 Å². The zero-order chi connectivity index (χ0) is 14.8. The fourth-order valence-electron chi connectivity index (χ4n) is 1.21. The second kappa shape index (κ2) is 8.63. The first-order valence-corrected chi connectivity index (χ1v) is 6.19. The van der Waals surface area contributed by atoms with Crippen molar-refractivity contribution in [1.29, 1.82) is 0 Å². The second-order valence-corrected chi connectivity index (χ2v) is 3.93. The molecule has 20 heavy (non-hydrogen) atoms. The summed E-state index contributed by atoms with van der Waals surface area (Å²) in [6, 6.07) is 9.17. The molecule has 0 spiro atoms. The van der Waals surface area contributed by atoms with Crippen molar-refractivity contribution >= 4 is 17.7 Å². The summed E-state index contributed by atoms with van der Waals surface area (Å²) in [5.41, 5.74) is 0.852. The first kappa shape index (κ1) is 15.6. The number of Topliss-reactive ketones (excluding diaryl/α,β-unsaturated/α-hetero) is 1. The molecule has 5 nitrogen and oxygen atoms in total. The highest BCUT2D eigenvalue weighted by Gasteiger charge is 2.04. The van der Waals surface area contributed by atoms with E-state index in [1.807, 2.05) is 30.3 Å². The zero-order valence-corrected chi connectivity index (χ0v) is 11.2. The molecule has 0 aliphatic heterocycles. The fraction of sp³-hybridized carbons (Fsp3) is 0.267. The largest absolute Gasteiger partial charge is 0.458 e. The van der Waals surface area contributed by atoms with Crippen LogP contribution in [-0.2, 0) is 30.5 Å². The molecule has 5 heteroatoms. The van der Waals surface area contributed by atoms with Crippen molar-refractivity contribution in [1.82, 2.24) is 0 Å². The van der Waals surface area contributed by atoms with Crippen molar-refractivity contribution in [3.8, 4) is 0 Å². The SMILES string of the molecule is CCC(=O)COC(=O)/C=C/C(=O)OCc1ccccc1. The van der Waals surface area contributed by atoms with E-state index in [1.54, 1.807) is 6.92 Å². The van der Waals surface area contributed by atoms with Crippen LogP contribution in [0.3, 0.4) is 0 Å². The minimum absolute atomic E-state index is 0.132. The molecular weight excluding hydrogens is 260 g/mol. The Morgan fingerprint density at radius 1 is 1.00 bits per heavy atom. The van der Waals surface area contributed by atoms with Gasteiger partial charge in [-0.15, -0.1) is 0 Å². The molecule has 1 aromatic carbocycles. The van der Waals surface area contributed by atoms with Gasteiger partial charge in [-0.25, -0.2) is 9.59 Å². The van der Waals surface area contributed by atoms with Gasteiger partial charge in [0.05, 0.1) is 0 Å². The summed E-state index contributed by atoms with van der Waals surface area (Å²) in [5, 5.41) is 0. The molecule has 0 N–H and O–H groups in total. The lowest BCUT2D eigenvalue weighted by molar-refractivity contribution is -0.143. The number of hydrogen-bond donors (Lipinski definition) is 0. The Morgan fingerprint density at radius 3 is 2.20 bits per heavy atom. The van der Waals surface area contributed by atoms with Crippen LogP contribution in [-0.4, -0.2) is 24.3 Å². The highest BCUT2D eigenvalue weighted by Crippen LogP contribution is 2.00. The van der Waals surface area contributed by atoms with Gasteiger partial charge >= 0.3 is 11.9 Å². The predicted molar refractivity (Wildman–Crippen MR) is 71.6 cm³/mol. The number of ketones is 1. The van der Waals surface area contributed by atoms with E-state index in [9.17, 15) is 14.4 Å². The molecule has 0 aliphatic rings. The van der Waals surface area contributed by atoms with E-state index in [0.29, 0.717) is 6.42 Å². The summed E-state index contributed by atoms with van der Waals surface area (Å²) in [5.74, 6) is -1.57. The van der Waals surface area contributed by atoms with Crippen molar-refractivity contribution in [3.63, 3.8) is 0 Å². The smallest absolute Gasteiger partial charge is 0.331 e. The van der Waals surface area contributed by atoms with Crippen LogP contribution >= 0.6 is 0 Å². The number of hydrogen-bond acceptors (Lipinski definition) is 5. The van der Waals surface area contributed by atoms with Crippen LogP contribution in [0.4, 0.5) is 0 Å². The molecule has 0 heterocycles. The standard InChI is InChI=1S/C15H16O5/c1-2-13(16)11-20-15(18)9-8-14(17)19-10-12-6-4-3-5-7-12/h3-9H,2,10-11H2,1H3/b9-8+. The Labute approximate surface area is 117 Å². The molecule has 1 rings (SSSR count). The number of carbonyl (C=O) groups excluding carboxylic acids is 3. The number of benzene rings is 1. The van der Waals surface area contributed by atoms with Crippen molar-refractivity contribution in [3.05, 3.63) is 48.0 Å². The van der Waals surface area contributed by atoms with Crippen LogP contribution < -0.4 is 0 Å². The zero-order valence-electron chi connectivity index (χ0n) is 11.2. The summed E-state index contributed by atoms with van der Waals surface area (Å²) in [6.07, 6.45) is 2.22. The Kier molecular flexibility index (Phi) is 6.75. The Balaban J connectivity index is 2.29. The topological polar surface area (TPSA) is 69.7 Å². The van der Waals surface area contributed by atoms with Crippen molar-refractivity contribution in [2.24, 2.45) is 0 Å². The third-order valence-electron chi connectivity index (χ3n) is 2.35. The fourth-order valence-corrected chi connectivity index (χ4v) is 1.21. The van der Waals surface area contributed by atoms with Crippen molar-refractivity contribution in [2.75, 3.05) is 6.61 Å². The molecule has 106 valence electrons. The molecule has 0 atom stereocenters. The molecule has 0 saturated carbocycles. The second-order valence-electron chi connectivity index (χ2n) is 3.93.